The van der Waals surface area contributed by atoms with Crippen molar-refractivity contribution in [3.63, 3.8) is 0 Å². The van der Waals surface area contributed by atoms with Gasteiger partial charge in [0.25, 0.3) is 0 Å². The number of benzene rings is 1. The Hall–Kier alpha value is -0.880. The van der Waals surface area contributed by atoms with Crippen LogP contribution < -0.4 is 4.74 Å². The standard InChI is InChI=1S/C14H11BrO2S2/c1-17-8-5-12(18-6-8)13(16)10-7-19-14-9(10)3-2-4-11(14)15/h2-7,13,16H,1H3. The van der Waals surface area contributed by atoms with E-state index in [2.05, 4.69) is 15.9 Å². The van der Waals surface area contributed by atoms with E-state index >= 15 is 0 Å². The minimum atomic E-state index is -0.600. The van der Waals surface area contributed by atoms with Gasteiger partial charge in [-0.3, -0.25) is 0 Å². The summed E-state index contributed by atoms with van der Waals surface area (Å²) < 4.78 is 7.40. The molecule has 0 bridgehead atoms. The number of methoxy groups -OCH3 is 1. The Morgan fingerprint density at radius 1 is 1.26 bits per heavy atom. The summed E-state index contributed by atoms with van der Waals surface area (Å²) in [7, 11) is 1.63. The summed E-state index contributed by atoms with van der Waals surface area (Å²) in [6.07, 6.45) is -0.600. The van der Waals surface area contributed by atoms with Crippen molar-refractivity contribution in [1.82, 2.24) is 0 Å². The molecule has 0 aliphatic carbocycles. The van der Waals surface area contributed by atoms with Crippen LogP contribution in [0.3, 0.4) is 0 Å². The molecule has 1 aromatic carbocycles. The highest BCUT2D eigenvalue weighted by atomic mass is 79.9. The zero-order valence-corrected chi connectivity index (χ0v) is 13.3. The fourth-order valence-corrected chi connectivity index (χ4v) is 4.49. The fraction of sp³-hybridized carbons (Fsp3) is 0.143. The zero-order chi connectivity index (χ0) is 13.4. The van der Waals surface area contributed by atoms with Crippen LogP contribution in [0.15, 0.2) is 39.5 Å². The molecule has 2 nitrogen and oxygen atoms in total. The molecule has 19 heavy (non-hydrogen) atoms. The lowest BCUT2D eigenvalue weighted by atomic mass is 10.1. The van der Waals surface area contributed by atoms with Gasteiger partial charge in [-0.15, -0.1) is 22.7 Å². The Balaban J connectivity index is 2.06. The third kappa shape index (κ3) is 2.31. The Labute approximate surface area is 127 Å². The summed E-state index contributed by atoms with van der Waals surface area (Å²) in [6, 6.07) is 7.93. The minimum absolute atomic E-state index is 0.600. The van der Waals surface area contributed by atoms with E-state index < -0.39 is 6.10 Å². The highest BCUT2D eigenvalue weighted by Crippen LogP contribution is 2.39. The van der Waals surface area contributed by atoms with Gasteiger partial charge in [0.15, 0.2) is 0 Å². The molecule has 0 saturated heterocycles. The molecule has 3 aromatic rings. The molecule has 5 heteroatoms. The van der Waals surface area contributed by atoms with Crippen molar-refractivity contribution in [2.75, 3.05) is 7.11 Å². The smallest absolute Gasteiger partial charge is 0.129 e. The van der Waals surface area contributed by atoms with Crippen molar-refractivity contribution in [2.45, 2.75) is 6.10 Å². The molecule has 98 valence electrons. The van der Waals surface area contributed by atoms with Crippen LogP contribution in [0.5, 0.6) is 5.75 Å². The molecule has 3 rings (SSSR count). The van der Waals surface area contributed by atoms with Gasteiger partial charge in [0.1, 0.15) is 11.9 Å². The Morgan fingerprint density at radius 3 is 2.84 bits per heavy atom. The van der Waals surface area contributed by atoms with E-state index in [0.29, 0.717) is 0 Å². The quantitative estimate of drug-likeness (QED) is 0.730. The second-order valence-corrected chi connectivity index (χ2v) is 6.78. The number of aliphatic hydroxyl groups excluding tert-OH is 1. The molecular weight excluding hydrogens is 344 g/mol. The number of aliphatic hydroxyl groups is 1. The van der Waals surface area contributed by atoms with E-state index in [1.165, 1.54) is 16.0 Å². The van der Waals surface area contributed by atoms with Crippen molar-refractivity contribution in [3.8, 4) is 5.75 Å². The Morgan fingerprint density at radius 2 is 2.11 bits per heavy atom. The molecule has 0 radical (unpaired) electrons. The van der Waals surface area contributed by atoms with E-state index in [4.69, 9.17) is 4.74 Å². The number of fused-ring (bicyclic) bond motifs is 1. The number of halogens is 1. The molecule has 0 saturated carbocycles. The van der Waals surface area contributed by atoms with Gasteiger partial charge in [-0.05, 0) is 38.8 Å². The SMILES string of the molecule is COc1csc(C(O)c2csc3c(Br)cccc23)c1. The lowest BCUT2D eigenvalue weighted by molar-refractivity contribution is 0.226. The van der Waals surface area contributed by atoms with Crippen LogP contribution in [0.1, 0.15) is 16.5 Å². The molecular formula is C14H11BrO2S2. The number of thiophene rings is 2. The van der Waals surface area contributed by atoms with E-state index in [9.17, 15) is 5.11 Å². The van der Waals surface area contributed by atoms with Gasteiger partial charge in [-0.1, -0.05) is 12.1 Å². The summed E-state index contributed by atoms with van der Waals surface area (Å²) in [5.74, 6) is 0.791. The molecule has 0 spiro atoms. The second kappa shape index (κ2) is 5.25. The maximum absolute atomic E-state index is 10.5. The highest BCUT2D eigenvalue weighted by molar-refractivity contribution is 9.10. The predicted octanol–water partition coefficient (Wildman–Crippen LogP) is 4.82. The molecule has 0 fully saturated rings. The first-order valence-corrected chi connectivity index (χ1v) is 8.22. The first-order valence-electron chi connectivity index (χ1n) is 5.67. The summed E-state index contributed by atoms with van der Waals surface area (Å²) in [4.78, 5) is 0.900. The third-order valence-corrected chi connectivity index (χ3v) is 5.91. The second-order valence-electron chi connectivity index (χ2n) is 4.10. The maximum atomic E-state index is 10.5. The number of ether oxygens (including phenoxy) is 1. The largest absolute Gasteiger partial charge is 0.496 e. The van der Waals surface area contributed by atoms with Gasteiger partial charge in [-0.25, -0.2) is 0 Å². The molecule has 2 aromatic heterocycles. The van der Waals surface area contributed by atoms with E-state index in [1.807, 2.05) is 35.0 Å². The van der Waals surface area contributed by atoms with Crippen molar-refractivity contribution in [1.29, 1.82) is 0 Å². The van der Waals surface area contributed by atoms with Crippen molar-refractivity contribution in [2.24, 2.45) is 0 Å². The van der Waals surface area contributed by atoms with Crippen LogP contribution in [-0.2, 0) is 0 Å². The molecule has 0 aliphatic rings. The lowest BCUT2D eigenvalue weighted by Gasteiger charge is -2.07. The van der Waals surface area contributed by atoms with Crippen LogP contribution in [-0.4, -0.2) is 12.2 Å². The van der Waals surface area contributed by atoms with Gasteiger partial charge in [0.2, 0.25) is 0 Å². The van der Waals surface area contributed by atoms with Gasteiger partial charge in [0.05, 0.1) is 7.11 Å². The van der Waals surface area contributed by atoms with Crippen molar-refractivity contribution >= 4 is 48.7 Å². The highest BCUT2D eigenvalue weighted by Gasteiger charge is 2.18. The molecule has 1 unspecified atom stereocenters. The zero-order valence-electron chi connectivity index (χ0n) is 10.1. The van der Waals surface area contributed by atoms with Crippen molar-refractivity contribution in [3.05, 3.63) is 49.9 Å². The summed E-state index contributed by atoms with van der Waals surface area (Å²) in [5, 5.41) is 15.5. The van der Waals surface area contributed by atoms with Crippen molar-refractivity contribution < 1.29 is 9.84 Å². The number of rotatable bonds is 3. The third-order valence-electron chi connectivity index (χ3n) is 2.98. The average Bonchev–Trinajstić information content (AvgIpc) is 3.05. The summed E-state index contributed by atoms with van der Waals surface area (Å²) in [6.45, 7) is 0. The Kier molecular flexibility index (Phi) is 3.62. The first-order chi connectivity index (χ1) is 9.20. The van der Waals surface area contributed by atoms with Gasteiger partial charge in [0, 0.05) is 25.0 Å². The lowest BCUT2D eigenvalue weighted by Crippen LogP contribution is -1.95. The monoisotopic (exact) mass is 354 g/mol. The molecule has 1 atom stereocenters. The molecule has 1 N–H and O–H groups in total. The van der Waals surface area contributed by atoms with E-state index in [1.54, 1.807) is 18.4 Å². The maximum Gasteiger partial charge on any atom is 0.129 e. The average molecular weight is 355 g/mol. The summed E-state index contributed by atoms with van der Waals surface area (Å²) in [5.41, 5.74) is 0.950. The minimum Gasteiger partial charge on any atom is -0.496 e. The predicted molar refractivity (Wildman–Crippen MR) is 84.5 cm³/mol. The van der Waals surface area contributed by atoms with Crippen LogP contribution >= 0.6 is 38.6 Å². The fourth-order valence-electron chi connectivity index (χ4n) is 1.99. The van der Waals surface area contributed by atoms with Crippen LogP contribution in [0, 0.1) is 0 Å². The Bertz CT molecular complexity index is 717. The van der Waals surface area contributed by atoms with E-state index in [0.717, 1.165) is 26.0 Å². The molecule has 0 aliphatic heterocycles. The van der Waals surface area contributed by atoms with Crippen LogP contribution in [0.2, 0.25) is 0 Å². The number of hydrogen-bond acceptors (Lipinski definition) is 4. The van der Waals surface area contributed by atoms with Gasteiger partial charge >= 0.3 is 0 Å². The number of hydrogen-bond donors (Lipinski definition) is 1. The molecule has 0 amide bonds. The van der Waals surface area contributed by atoms with Gasteiger partial charge in [-0.2, -0.15) is 0 Å². The normalized spacial score (nSPS) is 12.8. The summed E-state index contributed by atoms with van der Waals surface area (Å²) >= 11 is 6.70. The molecule has 2 heterocycles. The topological polar surface area (TPSA) is 29.5 Å². The van der Waals surface area contributed by atoms with E-state index in [-0.39, 0.29) is 0 Å². The van der Waals surface area contributed by atoms with Crippen LogP contribution in [0.25, 0.3) is 10.1 Å². The van der Waals surface area contributed by atoms with Crippen LogP contribution in [0.4, 0.5) is 0 Å². The first kappa shape index (κ1) is 13.1. The van der Waals surface area contributed by atoms with Gasteiger partial charge < -0.3 is 9.84 Å².